The molecule has 0 bridgehead atoms. The van der Waals surface area contributed by atoms with Gasteiger partial charge in [0.15, 0.2) is 5.78 Å². The Bertz CT molecular complexity index is 628. The number of rotatable bonds is 4. The van der Waals surface area contributed by atoms with Gasteiger partial charge in [-0.25, -0.2) is 0 Å². The SMILES string of the molecule is CC(=O)c1c(C)nn([C@@H](C)CC(=O)N2CC=C(C)CC2)c1C. The van der Waals surface area contributed by atoms with Crippen LogP contribution in [-0.4, -0.2) is 39.5 Å². The summed E-state index contributed by atoms with van der Waals surface area (Å²) in [6.07, 6.45) is 3.48. The molecule has 1 aliphatic heterocycles. The van der Waals surface area contributed by atoms with E-state index in [0.717, 1.165) is 24.4 Å². The summed E-state index contributed by atoms with van der Waals surface area (Å²) in [6.45, 7) is 10.9. The average molecular weight is 303 g/mol. The van der Waals surface area contributed by atoms with Gasteiger partial charge < -0.3 is 4.90 Å². The molecule has 1 amide bonds. The van der Waals surface area contributed by atoms with Crippen molar-refractivity contribution in [2.45, 2.75) is 53.5 Å². The fraction of sp³-hybridized carbons (Fsp3) is 0.588. The van der Waals surface area contributed by atoms with Gasteiger partial charge in [-0.05, 0) is 41.0 Å². The van der Waals surface area contributed by atoms with Gasteiger partial charge in [-0.1, -0.05) is 11.6 Å². The normalized spacial score (nSPS) is 16.4. The van der Waals surface area contributed by atoms with Crippen LogP contribution in [0.1, 0.15) is 61.4 Å². The first-order chi connectivity index (χ1) is 10.3. The Morgan fingerprint density at radius 2 is 2.00 bits per heavy atom. The molecule has 22 heavy (non-hydrogen) atoms. The molecule has 0 aromatic carbocycles. The van der Waals surface area contributed by atoms with Crippen LogP contribution >= 0.6 is 0 Å². The van der Waals surface area contributed by atoms with Crippen molar-refractivity contribution in [1.82, 2.24) is 14.7 Å². The Kier molecular flexibility index (Phi) is 4.84. The van der Waals surface area contributed by atoms with Crippen LogP contribution in [0, 0.1) is 13.8 Å². The first-order valence-electron chi connectivity index (χ1n) is 7.81. The molecule has 5 heteroatoms. The lowest BCUT2D eigenvalue weighted by atomic mass is 10.1. The summed E-state index contributed by atoms with van der Waals surface area (Å²) < 4.78 is 1.81. The molecule has 0 radical (unpaired) electrons. The maximum Gasteiger partial charge on any atom is 0.225 e. The lowest BCUT2D eigenvalue weighted by molar-refractivity contribution is -0.131. The van der Waals surface area contributed by atoms with Crippen LogP contribution in [0.3, 0.4) is 0 Å². The standard InChI is InChI=1S/C17H25N3O2/c1-11-6-8-19(9-7-11)16(22)10-12(2)20-14(4)17(15(5)21)13(3)18-20/h6,12H,7-10H2,1-5H3/t12-/m0/s1. The minimum atomic E-state index is -0.0497. The van der Waals surface area contributed by atoms with Crippen LogP contribution in [0.4, 0.5) is 0 Å². The molecule has 0 saturated heterocycles. The number of amides is 1. The minimum Gasteiger partial charge on any atom is -0.339 e. The van der Waals surface area contributed by atoms with Crippen LogP contribution in [0.5, 0.6) is 0 Å². The van der Waals surface area contributed by atoms with Crippen molar-refractivity contribution in [3.05, 3.63) is 28.6 Å². The molecule has 1 atom stereocenters. The van der Waals surface area contributed by atoms with E-state index < -0.39 is 0 Å². The molecule has 2 heterocycles. The van der Waals surface area contributed by atoms with Crippen molar-refractivity contribution in [2.75, 3.05) is 13.1 Å². The second kappa shape index (κ2) is 6.46. The van der Waals surface area contributed by atoms with Crippen LogP contribution in [0.15, 0.2) is 11.6 Å². The molecular formula is C17H25N3O2. The zero-order valence-corrected chi connectivity index (χ0v) is 14.1. The fourth-order valence-electron chi connectivity index (χ4n) is 3.07. The van der Waals surface area contributed by atoms with Crippen LogP contribution in [0.25, 0.3) is 0 Å². The highest BCUT2D eigenvalue weighted by Gasteiger charge is 2.23. The van der Waals surface area contributed by atoms with E-state index in [1.807, 2.05) is 30.4 Å². The Morgan fingerprint density at radius 3 is 2.50 bits per heavy atom. The zero-order valence-electron chi connectivity index (χ0n) is 14.1. The Morgan fingerprint density at radius 1 is 1.32 bits per heavy atom. The third-order valence-electron chi connectivity index (χ3n) is 4.35. The van der Waals surface area contributed by atoms with E-state index in [2.05, 4.69) is 18.1 Å². The van der Waals surface area contributed by atoms with E-state index in [4.69, 9.17) is 0 Å². The summed E-state index contributed by atoms with van der Waals surface area (Å²) in [5, 5.41) is 4.45. The van der Waals surface area contributed by atoms with E-state index in [1.165, 1.54) is 5.57 Å². The van der Waals surface area contributed by atoms with Gasteiger partial charge in [0.25, 0.3) is 0 Å². The number of carbonyl (C=O) groups excluding carboxylic acids is 2. The van der Waals surface area contributed by atoms with E-state index in [1.54, 1.807) is 6.92 Å². The molecule has 0 saturated carbocycles. The molecule has 0 spiro atoms. The lowest BCUT2D eigenvalue weighted by Crippen LogP contribution is -2.35. The van der Waals surface area contributed by atoms with Gasteiger partial charge >= 0.3 is 0 Å². The van der Waals surface area contributed by atoms with E-state index in [9.17, 15) is 9.59 Å². The maximum absolute atomic E-state index is 12.4. The molecule has 1 aromatic heterocycles. The van der Waals surface area contributed by atoms with Gasteiger partial charge in [0.1, 0.15) is 0 Å². The highest BCUT2D eigenvalue weighted by atomic mass is 16.2. The topological polar surface area (TPSA) is 55.2 Å². The average Bonchev–Trinajstić information content (AvgIpc) is 2.74. The molecule has 0 unspecified atom stereocenters. The van der Waals surface area contributed by atoms with Gasteiger partial charge in [0, 0.05) is 25.2 Å². The fourth-order valence-corrected chi connectivity index (χ4v) is 3.07. The maximum atomic E-state index is 12.4. The third kappa shape index (κ3) is 3.29. The third-order valence-corrected chi connectivity index (χ3v) is 4.35. The van der Waals surface area contributed by atoms with Crippen molar-refractivity contribution in [1.29, 1.82) is 0 Å². The number of hydrogen-bond donors (Lipinski definition) is 0. The highest BCUT2D eigenvalue weighted by molar-refractivity contribution is 5.96. The largest absolute Gasteiger partial charge is 0.339 e. The van der Waals surface area contributed by atoms with E-state index in [0.29, 0.717) is 18.5 Å². The molecule has 0 fully saturated rings. The number of aromatic nitrogens is 2. The number of carbonyl (C=O) groups is 2. The number of Topliss-reactive ketones (excluding diaryl/α,β-unsaturated/α-hetero) is 1. The minimum absolute atomic E-state index is 0.0245. The summed E-state index contributed by atoms with van der Waals surface area (Å²) in [5.74, 6) is 0.171. The summed E-state index contributed by atoms with van der Waals surface area (Å²) in [6, 6.07) is -0.0497. The van der Waals surface area contributed by atoms with Crippen molar-refractivity contribution < 1.29 is 9.59 Å². The van der Waals surface area contributed by atoms with Crippen LogP contribution in [0.2, 0.25) is 0 Å². The molecule has 0 N–H and O–H groups in total. The number of nitrogens with zero attached hydrogens (tertiary/aromatic N) is 3. The summed E-state index contributed by atoms with van der Waals surface area (Å²) >= 11 is 0. The first-order valence-corrected chi connectivity index (χ1v) is 7.81. The molecule has 1 aliphatic rings. The molecule has 2 rings (SSSR count). The Hall–Kier alpha value is -1.91. The smallest absolute Gasteiger partial charge is 0.225 e. The monoisotopic (exact) mass is 303 g/mol. The summed E-state index contributed by atoms with van der Waals surface area (Å²) in [7, 11) is 0. The van der Waals surface area contributed by atoms with Crippen LogP contribution < -0.4 is 0 Å². The quantitative estimate of drug-likeness (QED) is 0.635. The van der Waals surface area contributed by atoms with Gasteiger partial charge in [-0.2, -0.15) is 5.10 Å². The Balaban J connectivity index is 2.09. The van der Waals surface area contributed by atoms with E-state index >= 15 is 0 Å². The molecule has 0 aliphatic carbocycles. The van der Waals surface area contributed by atoms with Gasteiger partial charge in [-0.15, -0.1) is 0 Å². The van der Waals surface area contributed by atoms with Gasteiger partial charge in [0.2, 0.25) is 5.91 Å². The predicted octanol–water partition coefficient (Wildman–Crippen LogP) is 2.83. The van der Waals surface area contributed by atoms with Gasteiger partial charge in [0.05, 0.1) is 17.3 Å². The predicted molar refractivity (Wildman–Crippen MR) is 86.0 cm³/mol. The van der Waals surface area contributed by atoms with E-state index in [-0.39, 0.29) is 17.7 Å². The second-order valence-electron chi connectivity index (χ2n) is 6.24. The van der Waals surface area contributed by atoms with Crippen molar-refractivity contribution in [3.63, 3.8) is 0 Å². The summed E-state index contributed by atoms with van der Waals surface area (Å²) in [4.78, 5) is 26.0. The van der Waals surface area contributed by atoms with Crippen molar-refractivity contribution >= 4 is 11.7 Å². The molecule has 1 aromatic rings. The lowest BCUT2D eigenvalue weighted by Gasteiger charge is -2.27. The number of hydrogen-bond acceptors (Lipinski definition) is 3. The van der Waals surface area contributed by atoms with Crippen molar-refractivity contribution in [3.8, 4) is 0 Å². The Labute approximate surface area is 132 Å². The summed E-state index contributed by atoms with van der Waals surface area (Å²) in [5.41, 5.74) is 3.61. The zero-order chi connectivity index (χ0) is 16.4. The van der Waals surface area contributed by atoms with Gasteiger partial charge in [-0.3, -0.25) is 14.3 Å². The first kappa shape index (κ1) is 16.5. The molecular weight excluding hydrogens is 278 g/mol. The second-order valence-corrected chi connectivity index (χ2v) is 6.24. The number of aryl methyl sites for hydroxylation is 1. The van der Waals surface area contributed by atoms with Crippen molar-refractivity contribution in [2.24, 2.45) is 0 Å². The van der Waals surface area contributed by atoms with Crippen LogP contribution in [-0.2, 0) is 4.79 Å². The highest BCUT2D eigenvalue weighted by Crippen LogP contribution is 2.21. The number of ketones is 1. The molecule has 5 nitrogen and oxygen atoms in total. The molecule has 120 valence electrons.